The van der Waals surface area contributed by atoms with E-state index in [4.69, 9.17) is 4.74 Å². The van der Waals surface area contributed by atoms with Crippen molar-refractivity contribution in [2.75, 3.05) is 12.9 Å². The average Bonchev–Trinajstić information content (AvgIpc) is 2.27. The van der Waals surface area contributed by atoms with Crippen LogP contribution in [0.2, 0.25) is 0 Å². The molecule has 3 heteroatoms. The van der Waals surface area contributed by atoms with Crippen LogP contribution in [0.15, 0.2) is 0 Å². The third-order valence-corrected chi connectivity index (χ3v) is 4.80. The summed E-state index contributed by atoms with van der Waals surface area (Å²) in [4.78, 5) is 11.5. The Morgan fingerprint density at radius 1 is 1.33 bits per heavy atom. The fourth-order valence-corrected chi connectivity index (χ4v) is 3.33. The van der Waals surface area contributed by atoms with Gasteiger partial charge >= 0.3 is 5.97 Å². The van der Waals surface area contributed by atoms with Crippen molar-refractivity contribution in [2.24, 2.45) is 5.41 Å². The summed E-state index contributed by atoms with van der Waals surface area (Å²) >= 11 is 1.95. The number of thioether (sulfide) groups is 1. The molecule has 0 unspecified atom stereocenters. The quantitative estimate of drug-likeness (QED) is 0.693. The first-order chi connectivity index (χ1) is 7.06. The van der Waals surface area contributed by atoms with Crippen LogP contribution in [0.4, 0.5) is 0 Å². The standard InChI is InChI=1S/C12H22O2S/c1-12(2,11(13)14-3)9-15-10-7-5-4-6-8-10/h10H,4-9H2,1-3H3. The minimum absolute atomic E-state index is 0.0918. The second-order valence-corrected chi connectivity index (χ2v) is 6.24. The zero-order valence-corrected chi connectivity index (χ0v) is 10.9. The van der Waals surface area contributed by atoms with E-state index in [0.29, 0.717) is 0 Å². The van der Waals surface area contributed by atoms with Gasteiger partial charge in [0.2, 0.25) is 0 Å². The van der Waals surface area contributed by atoms with Crippen LogP contribution in [-0.4, -0.2) is 24.1 Å². The zero-order valence-electron chi connectivity index (χ0n) is 10.0. The second kappa shape index (κ2) is 5.78. The second-order valence-electron chi connectivity index (χ2n) is 4.95. The molecule has 88 valence electrons. The summed E-state index contributed by atoms with van der Waals surface area (Å²) in [5, 5.41) is 0.766. The molecular formula is C12H22O2S. The normalized spacial score (nSPS) is 18.9. The Hall–Kier alpha value is -0.180. The van der Waals surface area contributed by atoms with Gasteiger partial charge in [0, 0.05) is 11.0 Å². The minimum Gasteiger partial charge on any atom is -0.469 e. The average molecular weight is 230 g/mol. The molecule has 1 aliphatic carbocycles. The molecule has 0 saturated heterocycles. The maximum Gasteiger partial charge on any atom is 0.312 e. The molecule has 0 aromatic carbocycles. The monoisotopic (exact) mass is 230 g/mol. The van der Waals surface area contributed by atoms with Gasteiger partial charge in [-0.3, -0.25) is 4.79 Å². The van der Waals surface area contributed by atoms with Gasteiger partial charge in [-0.15, -0.1) is 0 Å². The lowest BCUT2D eigenvalue weighted by atomic mass is 9.97. The number of rotatable bonds is 4. The molecule has 1 fully saturated rings. The van der Waals surface area contributed by atoms with E-state index < -0.39 is 0 Å². The Balaban J connectivity index is 2.31. The number of carbonyl (C=O) groups is 1. The van der Waals surface area contributed by atoms with Gasteiger partial charge in [0.25, 0.3) is 0 Å². The molecule has 0 amide bonds. The molecule has 0 aromatic heterocycles. The molecular weight excluding hydrogens is 208 g/mol. The van der Waals surface area contributed by atoms with Crippen LogP contribution < -0.4 is 0 Å². The Morgan fingerprint density at radius 3 is 2.47 bits per heavy atom. The first-order valence-electron chi connectivity index (χ1n) is 5.76. The fourth-order valence-electron chi connectivity index (χ4n) is 1.89. The van der Waals surface area contributed by atoms with E-state index in [1.807, 2.05) is 25.6 Å². The van der Waals surface area contributed by atoms with Crippen molar-refractivity contribution in [3.05, 3.63) is 0 Å². The van der Waals surface area contributed by atoms with Gasteiger partial charge in [-0.1, -0.05) is 19.3 Å². The van der Waals surface area contributed by atoms with Gasteiger partial charge in [-0.2, -0.15) is 11.8 Å². The molecule has 0 bridgehead atoms. The molecule has 0 heterocycles. The van der Waals surface area contributed by atoms with Crippen molar-refractivity contribution in [1.29, 1.82) is 0 Å². The van der Waals surface area contributed by atoms with Crippen LogP contribution in [0, 0.1) is 5.41 Å². The molecule has 0 aromatic rings. The van der Waals surface area contributed by atoms with Gasteiger partial charge in [0.05, 0.1) is 12.5 Å². The Kier molecular flexibility index (Phi) is 4.97. The van der Waals surface area contributed by atoms with Gasteiger partial charge in [-0.05, 0) is 26.7 Å². The highest BCUT2D eigenvalue weighted by molar-refractivity contribution is 7.99. The highest BCUT2D eigenvalue weighted by Gasteiger charge is 2.30. The van der Waals surface area contributed by atoms with E-state index in [9.17, 15) is 4.79 Å². The maximum absolute atomic E-state index is 11.5. The van der Waals surface area contributed by atoms with Crippen LogP contribution in [-0.2, 0) is 9.53 Å². The molecule has 0 N–H and O–H groups in total. The smallest absolute Gasteiger partial charge is 0.312 e. The van der Waals surface area contributed by atoms with Gasteiger partial charge in [0.15, 0.2) is 0 Å². The summed E-state index contributed by atoms with van der Waals surface area (Å²) in [6.07, 6.45) is 6.74. The van der Waals surface area contributed by atoms with Crippen molar-refractivity contribution in [3.8, 4) is 0 Å². The number of hydrogen-bond acceptors (Lipinski definition) is 3. The van der Waals surface area contributed by atoms with Gasteiger partial charge in [-0.25, -0.2) is 0 Å². The molecule has 0 atom stereocenters. The number of ether oxygens (including phenoxy) is 1. The summed E-state index contributed by atoms with van der Waals surface area (Å²) in [5.41, 5.74) is -0.336. The van der Waals surface area contributed by atoms with E-state index in [1.54, 1.807) is 0 Å². The minimum atomic E-state index is -0.336. The van der Waals surface area contributed by atoms with Crippen molar-refractivity contribution >= 4 is 17.7 Å². The van der Waals surface area contributed by atoms with Crippen LogP contribution >= 0.6 is 11.8 Å². The SMILES string of the molecule is COC(=O)C(C)(C)CSC1CCCCC1. The zero-order chi connectivity index (χ0) is 11.3. The predicted molar refractivity (Wildman–Crippen MR) is 65.1 cm³/mol. The molecule has 1 rings (SSSR count). The molecule has 1 aliphatic rings. The highest BCUT2D eigenvalue weighted by atomic mass is 32.2. The highest BCUT2D eigenvalue weighted by Crippen LogP contribution is 2.33. The number of carbonyl (C=O) groups excluding carboxylic acids is 1. The van der Waals surface area contributed by atoms with Crippen molar-refractivity contribution < 1.29 is 9.53 Å². The summed E-state index contributed by atoms with van der Waals surface area (Å²) in [6.45, 7) is 3.93. The third-order valence-electron chi connectivity index (χ3n) is 2.97. The van der Waals surface area contributed by atoms with Crippen molar-refractivity contribution in [1.82, 2.24) is 0 Å². The maximum atomic E-state index is 11.5. The molecule has 0 radical (unpaired) electrons. The first kappa shape index (κ1) is 12.9. The van der Waals surface area contributed by atoms with Gasteiger partial charge in [0.1, 0.15) is 0 Å². The van der Waals surface area contributed by atoms with Crippen LogP contribution in [0.5, 0.6) is 0 Å². The Labute approximate surface area is 97.1 Å². The third kappa shape index (κ3) is 4.06. The molecule has 15 heavy (non-hydrogen) atoms. The Bertz CT molecular complexity index is 208. The van der Waals surface area contributed by atoms with Crippen molar-refractivity contribution in [2.45, 2.75) is 51.2 Å². The lowest BCUT2D eigenvalue weighted by Crippen LogP contribution is -2.29. The summed E-state index contributed by atoms with van der Waals surface area (Å²) < 4.78 is 4.80. The lowest BCUT2D eigenvalue weighted by Gasteiger charge is -2.26. The molecule has 2 nitrogen and oxygen atoms in total. The van der Waals surface area contributed by atoms with E-state index >= 15 is 0 Å². The number of hydrogen-bond donors (Lipinski definition) is 0. The van der Waals surface area contributed by atoms with Crippen LogP contribution in [0.1, 0.15) is 46.0 Å². The molecule has 1 saturated carbocycles. The Morgan fingerprint density at radius 2 is 1.93 bits per heavy atom. The summed E-state index contributed by atoms with van der Waals surface area (Å²) in [7, 11) is 1.47. The summed E-state index contributed by atoms with van der Waals surface area (Å²) in [6, 6.07) is 0. The predicted octanol–water partition coefficient (Wildman–Crippen LogP) is 3.25. The molecule has 0 aliphatic heterocycles. The first-order valence-corrected chi connectivity index (χ1v) is 6.81. The van der Waals surface area contributed by atoms with E-state index in [0.717, 1.165) is 11.0 Å². The summed E-state index contributed by atoms with van der Waals surface area (Å²) in [5.74, 6) is 0.787. The number of methoxy groups -OCH3 is 1. The van der Waals surface area contributed by atoms with E-state index in [1.165, 1.54) is 39.2 Å². The van der Waals surface area contributed by atoms with Crippen LogP contribution in [0.25, 0.3) is 0 Å². The fraction of sp³-hybridized carbons (Fsp3) is 0.917. The van der Waals surface area contributed by atoms with E-state index in [2.05, 4.69) is 0 Å². The lowest BCUT2D eigenvalue weighted by molar-refractivity contribution is -0.149. The topological polar surface area (TPSA) is 26.3 Å². The largest absolute Gasteiger partial charge is 0.469 e. The number of esters is 1. The van der Waals surface area contributed by atoms with Crippen LogP contribution in [0.3, 0.4) is 0 Å². The van der Waals surface area contributed by atoms with E-state index in [-0.39, 0.29) is 11.4 Å². The van der Waals surface area contributed by atoms with Crippen molar-refractivity contribution in [3.63, 3.8) is 0 Å². The molecule has 0 spiro atoms. The van der Waals surface area contributed by atoms with Gasteiger partial charge < -0.3 is 4.74 Å².